The van der Waals surface area contributed by atoms with E-state index in [1.54, 1.807) is 28.2 Å². The van der Waals surface area contributed by atoms with Gasteiger partial charge in [0.05, 0.1) is 11.4 Å². The number of hydrogen-bond acceptors (Lipinski definition) is 4. The van der Waals surface area contributed by atoms with Crippen LogP contribution in [0.4, 0.5) is 0 Å². The van der Waals surface area contributed by atoms with Gasteiger partial charge in [-0.05, 0) is 72.5 Å². The molecular weight excluding hydrogens is 362 g/mol. The molecule has 0 bridgehead atoms. The summed E-state index contributed by atoms with van der Waals surface area (Å²) in [5.74, 6) is -0.942. The van der Waals surface area contributed by atoms with Crippen LogP contribution in [-0.4, -0.2) is 26.8 Å². The SMILES string of the molecule is Cc1nn(-c2ccc(C(=O)NCc3ccsc3)cc2)c(C)c1CCC(=O)O. The van der Waals surface area contributed by atoms with E-state index in [-0.39, 0.29) is 12.3 Å². The summed E-state index contributed by atoms with van der Waals surface area (Å²) in [6.07, 6.45) is 0.534. The van der Waals surface area contributed by atoms with Gasteiger partial charge < -0.3 is 10.4 Å². The monoisotopic (exact) mass is 383 g/mol. The number of aliphatic carboxylic acids is 1. The van der Waals surface area contributed by atoms with E-state index in [1.807, 2.05) is 42.8 Å². The number of thiophene rings is 1. The van der Waals surface area contributed by atoms with Crippen molar-refractivity contribution < 1.29 is 14.7 Å². The van der Waals surface area contributed by atoms with Crippen LogP contribution in [0.2, 0.25) is 0 Å². The number of carboxylic acids is 1. The summed E-state index contributed by atoms with van der Waals surface area (Å²) in [6, 6.07) is 9.22. The van der Waals surface area contributed by atoms with E-state index in [0.29, 0.717) is 18.5 Å². The molecule has 1 amide bonds. The first kappa shape index (κ1) is 18.8. The normalized spacial score (nSPS) is 10.7. The Hall–Kier alpha value is -2.93. The number of nitrogens with one attached hydrogen (secondary N) is 1. The number of carbonyl (C=O) groups excluding carboxylic acids is 1. The van der Waals surface area contributed by atoms with E-state index in [2.05, 4.69) is 10.4 Å². The lowest BCUT2D eigenvalue weighted by Gasteiger charge is -2.08. The van der Waals surface area contributed by atoms with Gasteiger partial charge in [0.15, 0.2) is 0 Å². The van der Waals surface area contributed by atoms with E-state index < -0.39 is 5.97 Å². The number of carbonyl (C=O) groups is 2. The molecule has 3 rings (SSSR count). The highest BCUT2D eigenvalue weighted by Crippen LogP contribution is 2.20. The molecular formula is C20H21N3O3S. The third-order valence-corrected chi connectivity index (χ3v) is 5.17. The fourth-order valence-corrected chi connectivity index (χ4v) is 3.62. The minimum absolute atomic E-state index is 0.0800. The second-order valence-electron chi connectivity index (χ2n) is 6.32. The Balaban J connectivity index is 1.72. The van der Waals surface area contributed by atoms with Crippen LogP contribution >= 0.6 is 11.3 Å². The molecule has 7 heteroatoms. The zero-order valence-electron chi connectivity index (χ0n) is 15.2. The van der Waals surface area contributed by atoms with Gasteiger partial charge in [-0.3, -0.25) is 9.59 Å². The van der Waals surface area contributed by atoms with Crippen LogP contribution in [0.3, 0.4) is 0 Å². The maximum Gasteiger partial charge on any atom is 0.303 e. The van der Waals surface area contributed by atoms with Crippen molar-refractivity contribution in [1.29, 1.82) is 0 Å². The van der Waals surface area contributed by atoms with Crippen molar-refractivity contribution in [2.24, 2.45) is 0 Å². The Morgan fingerprint density at radius 1 is 1.19 bits per heavy atom. The van der Waals surface area contributed by atoms with E-state index in [9.17, 15) is 9.59 Å². The average molecular weight is 383 g/mol. The van der Waals surface area contributed by atoms with Crippen LogP contribution in [0, 0.1) is 13.8 Å². The molecule has 0 atom stereocenters. The first-order valence-corrected chi connectivity index (χ1v) is 9.56. The van der Waals surface area contributed by atoms with Crippen molar-refractivity contribution in [1.82, 2.24) is 15.1 Å². The van der Waals surface area contributed by atoms with Crippen LogP contribution in [0.5, 0.6) is 0 Å². The molecule has 3 aromatic rings. The van der Waals surface area contributed by atoms with Gasteiger partial charge in [0, 0.05) is 24.2 Å². The maximum absolute atomic E-state index is 12.3. The Bertz CT molecular complexity index is 944. The minimum Gasteiger partial charge on any atom is -0.481 e. The van der Waals surface area contributed by atoms with Crippen LogP contribution in [0.1, 0.15) is 39.3 Å². The fourth-order valence-electron chi connectivity index (χ4n) is 2.95. The van der Waals surface area contributed by atoms with Crippen LogP contribution in [0.15, 0.2) is 41.1 Å². The molecule has 0 fully saturated rings. The molecule has 2 aromatic heterocycles. The summed E-state index contributed by atoms with van der Waals surface area (Å²) in [6.45, 7) is 4.32. The van der Waals surface area contributed by atoms with Crippen molar-refractivity contribution in [2.75, 3.05) is 0 Å². The standard InChI is InChI=1S/C20H21N3O3S/c1-13-18(7-8-19(24)25)14(2)23(22-13)17-5-3-16(4-6-17)20(26)21-11-15-9-10-27-12-15/h3-6,9-10,12H,7-8,11H2,1-2H3,(H,21,26)(H,24,25). The molecule has 0 unspecified atom stereocenters. The van der Waals surface area contributed by atoms with Crippen molar-refractivity contribution in [3.05, 3.63) is 69.2 Å². The smallest absolute Gasteiger partial charge is 0.303 e. The average Bonchev–Trinajstić information content (AvgIpc) is 3.26. The third-order valence-electron chi connectivity index (χ3n) is 4.44. The lowest BCUT2D eigenvalue weighted by atomic mass is 10.1. The number of rotatable bonds is 7. The van der Waals surface area contributed by atoms with Gasteiger partial charge in [-0.1, -0.05) is 0 Å². The first-order chi connectivity index (χ1) is 13.0. The molecule has 0 aliphatic rings. The zero-order valence-corrected chi connectivity index (χ0v) is 16.0. The molecule has 2 heterocycles. The van der Waals surface area contributed by atoms with Crippen molar-refractivity contribution in [3.63, 3.8) is 0 Å². The topological polar surface area (TPSA) is 84.2 Å². The molecule has 27 heavy (non-hydrogen) atoms. The lowest BCUT2D eigenvalue weighted by Crippen LogP contribution is -2.22. The summed E-state index contributed by atoms with van der Waals surface area (Å²) in [5, 5.41) is 20.3. The Morgan fingerprint density at radius 2 is 1.93 bits per heavy atom. The molecule has 0 saturated heterocycles. The van der Waals surface area contributed by atoms with Crippen molar-refractivity contribution in [3.8, 4) is 5.69 Å². The summed E-state index contributed by atoms with van der Waals surface area (Å²) < 4.78 is 1.79. The number of carboxylic acid groups (broad SMARTS) is 1. The highest BCUT2D eigenvalue weighted by atomic mass is 32.1. The molecule has 0 saturated carbocycles. The largest absolute Gasteiger partial charge is 0.481 e. The summed E-state index contributed by atoms with van der Waals surface area (Å²) in [7, 11) is 0. The maximum atomic E-state index is 12.3. The van der Waals surface area contributed by atoms with Gasteiger partial charge in [-0.15, -0.1) is 0 Å². The van der Waals surface area contributed by atoms with E-state index in [4.69, 9.17) is 5.11 Å². The summed E-state index contributed by atoms with van der Waals surface area (Å²) in [4.78, 5) is 23.1. The van der Waals surface area contributed by atoms with Gasteiger partial charge >= 0.3 is 5.97 Å². The summed E-state index contributed by atoms with van der Waals surface area (Å²) >= 11 is 1.60. The van der Waals surface area contributed by atoms with Crippen LogP contribution < -0.4 is 5.32 Å². The number of nitrogens with zero attached hydrogens (tertiary/aromatic N) is 2. The van der Waals surface area contributed by atoms with Crippen molar-refractivity contribution in [2.45, 2.75) is 33.2 Å². The second kappa shape index (κ2) is 8.18. The zero-order chi connectivity index (χ0) is 19.4. The van der Waals surface area contributed by atoms with Gasteiger partial charge in [0.2, 0.25) is 0 Å². The van der Waals surface area contributed by atoms with E-state index >= 15 is 0 Å². The lowest BCUT2D eigenvalue weighted by molar-refractivity contribution is -0.136. The minimum atomic E-state index is -0.820. The molecule has 0 spiro atoms. The number of hydrogen-bond donors (Lipinski definition) is 2. The van der Waals surface area contributed by atoms with Gasteiger partial charge in [-0.2, -0.15) is 16.4 Å². The number of aryl methyl sites for hydroxylation is 1. The highest BCUT2D eigenvalue weighted by Gasteiger charge is 2.14. The molecule has 0 aliphatic carbocycles. The molecule has 6 nitrogen and oxygen atoms in total. The highest BCUT2D eigenvalue weighted by molar-refractivity contribution is 7.07. The van der Waals surface area contributed by atoms with Crippen LogP contribution in [0.25, 0.3) is 5.69 Å². The third kappa shape index (κ3) is 4.43. The summed E-state index contributed by atoms with van der Waals surface area (Å²) in [5.41, 5.74) is 5.21. The van der Waals surface area contributed by atoms with Gasteiger partial charge in [0.1, 0.15) is 0 Å². The number of amides is 1. The van der Waals surface area contributed by atoms with Crippen LogP contribution in [-0.2, 0) is 17.8 Å². The quantitative estimate of drug-likeness (QED) is 0.654. The Labute approximate surface area is 161 Å². The van der Waals surface area contributed by atoms with E-state index in [0.717, 1.165) is 28.2 Å². The fraction of sp³-hybridized carbons (Fsp3) is 0.250. The Kier molecular flexibility index (Phi) is 5.71. The molecule has 1 aromatic carbocycles. The van der Waals surface area contributed by atoms with Gasteiger partial charge in [-0.25, -0.2) is 4.68 Å². The molecule has 0 aliphatic heterocycles. The first-order valence-electron chi connectivity index (χ1n) is 8.62. The Morgan fingerprint density at radius 3 is 2.56 bits per heavy atom. The number of aromatic nitrogens is 2. The van der Waals surface area contributed by atoms with E-state index in [1.165, 1.54) is 0 Å². The van der Waals surface area contributed by atoms with Gasteiger partial charge in [0.25, 0.3) is 5.91 Å². The van der Waals surface area contributed by atoms with Crippen molar-refractivity contribution >= 4 is 23.2 Å². The molecule has 140 valence electrons. The number of benzene rings is 1. The predicted molar refractivity (Wildman–Crippen MR) is 104 cm³/mol. The second-order valence-corrected chi connectivity index (χ2v) is 7.10. The predicted octanol–water partition coefficient (Wildman–Crippen LogP) is 3.50. The molecule has 0 radical (unpaired) electrons. The molecule has 2 N–H and O–H groups in total.